The number of fused-ring (bicyclic) bond motifs is 1. The third kappa shape index (κ3) is 3.79. The molecule has 0 bridgehead atoms. The summed E-state index contributed by atoms with van der Waals surface area (Å²) < 4.78 is 29.8. The molecule has 0 aromatic heterocycles. The Bertz CT molecular complexity index is 702. The molecule has 1 N–H and O–H groups in total. The zero-order valence-electron chi connectivity index (χ0n) is 9.94. The first-order chi connectivity index (χ1) is 8.97. The Balaban J connectivity index is 2.18. The number of thioether (sulfide) groups is 1. The average molecular weight is 296 g/mol. The maximum Gasteiger partial charge on any atom is 0.265 e. The lowest BCUT2D eigenvalue weighted by Crippen LogP contribution is -2.08. The minimum Gasteiger partial charge on any atom is -0.286 e. The molecular formula is C13H12O4S2. The van der Waals surface area contributed by atoms with Crippen molar-refractivity contribution in [2.45, 2.75) is 0 Å². The van der Waals surface area contributed by atoms with Crippen molar-refractivity contribution >= 4 is 37.8 Å². The van der Waals surface area contributed by atoms with Gasteiger partial charge in [-0.1, -0.05) is 48.2 Å². The standard InChI is InChI=1S/C13H12O4S2/c14-13(18-8-9-19(15,16)17)12-7-3-5-10-4-1-2-6-11(10)12/h1-7H,8-9H2,(H,15,16,17). The molecule has 19 heavy (non-hydrogen) atoms. The van der Waals surface area contributed by atoms with Gasteiger partial charge in [0.05, 0.1) is 5.75 Å². The molecule has 0 unspecified atom stereocenters. The molecule has 0 spiro atoms. The topological polar surface area (TPSA) is 71.4 Å². The first kappa shape index (κ1) is 14.0. The monoisotopic (exact) mass is 296 g/mol. The Morgan fingerprint density at radius 2 is 1.79 bits per heavy atom. The summed E-state index contributed by atoms with van der Waals surface area (Å²) in [6.07, 6.45) is 0. The van der Waals surface area contributed by atoms with Gasteiger partial charge < -0.3 is 0 Å². The summed E-state index contributed by atoms with van der Waals surface area (Å²) in [5.74, 6) is -0.380. The lowest BCUT2D eigenvalue weighted by molar-refractivity contribution is 0.109. The fourth-order valence-electron chi connectivity index (χ4n) is 1.72. The molecule has 0 amide bonds. The smallest absolute Gasteiger partial charge is 0.265 e. The van der Waals surface area contributed by atoms with Crippen LogP contribution in [0.4, 0.5) is 0 Å². The van der Waals surface area contributed by atoms with Gasteiger partial charge in [-0.2, -0.15) is 8.42 Å². The van der Waals surface area contributed by atoms with Crippen molar-refractivity contribution in [3.8, 4) is 0 Å². The Hall–Kier alpha value is -1.37. The van der Waals surface area contributed by atoms with E-state index in [9.17, 15) is 13.2 Å². The van der Waals surface area contributed by atoms with Crippen LogP contribution in [-0.2, 0) is 10.1 Å². The Morgan fingerprint density at radius 3 is 2.53 bits per heavy atom. The number of carbonyl (C=O) groups excluding carboxylic acids is 1. The molecule has 0 aliphatic carbocycles. The lowest BCUT2D eigenvalue weighted by Gasteiger charge is -2.04. The second-order valence-corrected chi connectivity index (χ2v) is 6.59. The number of hydrogen-bond acceptors (Lipinski definition) is 4. The van der Waals surface area contributed by atoms with Crippen LogP contribution in [0, 0.1) is 0 Å². The third-order valence-electron chi connectivity index (χ3n) is 2.58. The van der Waals surface area contributed by atoms with Crippen LogP contribution in [0.1, 0.15) is 10.4 Å². The van der Waals surface area contributed by atoms with Gasteiger partial charge in [0, 0.05) is 11.3 Å². The minimum atomic E-state index is -4.02. The molecule has 0 saturated carbocycles. The highest BCUT2D eigenvalue weighted by Crippen LogP contribution is 2.22. The van der Waals surface area contributed by atoms with Crippen molar-refractivity contribution < 1.29 is 17.8 Å². The van der Waals surface area contributed by atoms with Gasteiger partial charge in [0.15, 0.2) is 0 Å². The van der Waals surface area contributed by atoms with Crippen LogP contribution in [0.2, 0.25) is 0 Å². The van der Waals surface area contributed by atoms with Crippen LogP contribution < -0.4 is 0 Å². The Morgan fingerprint density at radius 1 is 1.11 bits per heavy atom. The first-order valence-electron chi connectivity index (χ1n) is 5.57. The Kier molecular flexibility index (Phi) is 4.24. The van der Waals surface area contributed by atoms with E-state index in [2.05, 4.69) is 0 Å². The van der Waals surface area contributed by atoms with E-state index in [1.54, 1.807) is 12.1 Å². The fourth-order valence-corrected chi connectivity index (χ4v) is 3.42. The predicted molar refractivity (Wildman–Crippen MR) is 77.2 cm³/mol. The van der Waals surface area contributed by atoms with Gasteiger partial charge in [-0.05, 0) is 16.8 Å². The van der Waals surface area contributed by atoms with E-state index in [4.69, 9.17) is 4.55 Å². The van der Waals surface area contributed by atoms with Gasteiger partial charge in [-0.25, -0.2) is 0 Å². The highest BCUT2D eigenvalue weighted by atomic mass is 32.2. The summed E-state index contributed by atoms with van der Waals surface area (Å²) in [5, 5.41) is 1.61. The zero-order valence-corrected chi connectivity index (χ0v) is 11.6. The second kappa shape index (κ2) is 5.73. The molecule has 2 aromatic carbocycles. The van der Waals surface area contributed by atoms with E-state index in [0.717, 1.165) is 22.5 Å². The van der Waals surface area contributed by atoms with E-state index in [1.807, 2.05) is 30.3 Å². The summed E-state index contributed by atoms with van der Waals surface area (Å²) in [7, 11) is -4.02. The molecule has 0 aliphatic heterocycles. The lowest BCUT2D eigenvalue weighted by atomic mass is 10.1. The van der Waals surface area contributed by atoms with Gasteiger partial charge in [-0.15, -0.1) is 0 Å². The van der Waals surface area contributed by atoms with E-state index in [0.29, 0.717) is 5.56 Å². The number of rotatable bonds is 4. The molecule has 0 heterocycles. The molecule has 2 aromatic rings. The summed E-state index contributed by atoms with van der Waals surface area (Å²) >= 11 is 0.893. The van der Waals surface area contributed by atoms with E-state index in [1.165, 1.54) is 0 Å². The first-order valence-corrected chi connectivity index (χ1v) is 8.17. The number of benzene rings is 2. The highest BCUT2D eigenvalue weighted by molar-refractivity contribution is 8.14. The number of carbonyl (C=O) groups is 1. The van der Waals surface area contributed by atoms with Crippen molar-refractivity contribution in [1.29, 1.82) is 0 Å². The van der Waals surface area contributed by atoms with Crippen molar-refractivity contribution in [2.24, 2.45) is 0 Å². The van der Waals surface area contributed by atoms with Crippen molar-refractivity contribution in [2.75, 3.05) is 11.5 Å². The van der Waals surface area contributed by atoms with Gasteiger partial charge in [0.25, 0.3) is 10.1 Å². The predicted octanol–water partition coefficient (Wildman–Crippen LogP) is 2.60. The largest absolute Gasteiger partial charge is 0.286 e. The van der Waals surface area contributed by atoms with E-state index in [-0.39, 0.29) is 10.9 Å². The molecule has 0 aliphatic rings. The fraction of sp³-hybridized carbons (Fsp3) is 0.154. The third-order valence-corrected chi connectivity index (χ3v) is 4.45. The molecule has 0 atom stereocenters. The van der Waals surface area contributed by atoms with Crippen LogP contribution in [-0.4, -0.2) is 29.6 Å². The summed E-state index contributed by atoms with van der Waals surface area (Å²) in [4.78, 5) is 12.0. The minimum absolute atomic E-state index is 0.0425. The van der Waals surface area contributed by atoms with Gasteiger partial charge in [0.1, 0.15) is 0 Å². The van der Waals surface area contributed by atoms with Crippen molar-refractivity contribution in [3.63, 3.8) is 0 Å². The molecule has 0 fully saturated rings. The molecule has 6 heteroatoms. The highest BCUT2D eigenvalue weighted by Gasteiger charge is 2.12. The Labute approximate surface area is 115 Å². The maximum absolute atomic E-state index is 12.0. The molecule has 100 valence electrons. The SMILES string of the molecule is O=C(SCCS(=O)(=O)O)c1cccc2ccccc12. The summed E-state index contributed by atoms with van der Waals surface area (Å²) in [6.45, 7) is 0. The average Bonchev–Trinajstić information content (AvgIpc) is 2.36. The molecule has 0 radical (unpaired) electrons. The second-order valence-electron chi connectivity index (χ2n) is 3.95. The molecule has 4 nitrogen and oxygen atoms in total. The quantitative estimate of drug-likeness (QED) is 0.878. The molecule has 0 saturated heterocycles. The van der Waals surface area contributed by atoms with Crippen LogP contribution >= 0.6 is 11.8 Å². The van der Waals surface area contributed by atoms with E-state index < -0.39 is 15.9 Å². The normalized spacial score (nSPS) is 11.6. The van der Waals surface area contributed by atoms with Crippen LogP contribution in [0.3, 0.4) is 0 Å². The molecular weight excluding hydrogens is 284 g/mol. The van der Waals surface area contributed by atoms with Crippen molar-refractivity contribution in [1.82, 2.24) is 0 Å². The van der Waals surface area contributed by atoms with Gasteiger partial charge >= 0.3 is 0 Å². The summed E-state index contributed by atoms with van der Waals surface area (Å²) in [6, 6.07) is 12.9. The number of hydrogen-bond donors (Lipinski definition) is 1. The van der Waals surface area contributed by atoms with Crippen LogP contribution in [0.25, 0.3) is 10.8 Å². The van der Waals surface area contributed by atoms with E-state index >= 15 is 0 Å². The molecule has 2 rings (SSSR count). The van der Waals surface area contributed by atoms with Crippen molar-refractivity contribution in [3.05, 3.63) is 48.0 Å². The van der Waals surface area contributed by atoms with Gasteiger partial charge in [0.2, 0.25) is 5.12 Å². The zero-order chi connectivity index (χ0) is 13.9. The van der Waals surface area contributed by atoms with Gasteiger partial charge in [-0.3, -0.25) is 9.35 Å². The van der Waals surface area contributed by atoms with Crippen LogP contribution in [0.5, 0.6) is 0 Å². The van der Waals surface area contributed by atoms with Crippen LogP contribution in [0.15, 0.2) is 42.5 Å². The maximum atomic E-state index is 12.0. The summed E-state index contributed by atoms with van der Waals surface area (Å²) in [5.41, 5.74) is 0.554.